The molecule has 0 aliphatic carbocycles. The number of nitrogens with zero attached hydrogens (tertiary/aromatic N) is 1. The maximum Gasteiger partial charge on any atom is 0.336 e. The third-order valence-electron chi connectivity index (χ3n) is 2.18. The van der Waals surface area contributed by atoms with Crippen LogP contribution in [-0.4, -0.2) is 22.5 Å². The zero-order valence-corrected chi connectivity index (χ0v) is 10.6. The van der Waals surface area contributed by atoms with Gasteiger partial charge in [0.2, 0.25) is 0 Å². The van der Waals surface area contributed by atoms with Crippen LogP contribution in [-0.2, 0) is 0 Å². The number of carbonyl (C=O) groups excluding carboxylic acids is 1. The van der Waals surface area contributed by atoms with Gasteiger partial charge in [-0.05, 0) is 26.0 Å². The van der Waals surface area contributed by atoms with E-state index >= 15 is 0 Å². The standard InChI is InChI=1S/C12H11ClN2O3/c1-12(2,6-14)15-10(16)9-7(11(17)18)4-3-5-8(9)13/h3-5H,1-2H3,(H,15,16)(H,17,18). The van der Waals surface area contributed by atoms with Gasteiger partial charge in [-0.2, -0.15) is 5.26 Å². The molecule has 0 saturated heterocycles. The molecule has 1 rings (SSSR count). The third-order valence-corrected chi connectivity index (χ3v) is 2.49. The summed E-state index contributed by atoms with van der Waals surface area (Å²) in [5.41, 5.74) is -1.45. The van der Waals surface area contributed by atoms with Crippen molar-refractivity contribution in [3.05, 3.63) is 34.3 Å². The van der Waals surface area contributed by atoms with Crippen molar-refractivity contribution in [1.29, 1.82) is 5.26 Å². The van der Waals surface area contributed by atoms with Gasteiger partial charge in [-0.25, -0.2) is 4.79 Å². The second kappa shape index (κ2) is 5.07. The number of carboxylic acid groups (broad SMARTS) is 1. The normalized spacial score (nSPS) is 10.6. The average molecular weight is 267 g/mol. The molecule has 0 aliphatic heterocycles. The van der Waals surface area contributed by atoms with Crippen LogP contribution in [0.25, 0.3) is 0 Å². The number of nitriles is 1. The van der Waals surface area contributed by atoms with Gasteiger partial charge in [0, 0.05) is 0 Å². The molecule has 0 aliphatic rings. The number of hydrogen-bond acceptors (Lipinski definition) is 3. The van der Waals surface area contributed by atoms with Crippen molar-refractivity contribution in [3.63, 3.8) is 0 Å². The summed E-state index contributed by atoms with van der Waals surface area (Å²) in [6.07, 6.45) is 0. The van der Waals surface area contributed by atoms with Crippen molar-refractivity contribution in [3.8, 4) is 6.07 Å². The van der Waals surface area contributed by atoms with Crippen LogP contribution in [0.3, 0.4) is 0 Å². The Kier molecular flexibility index (Phi) is 3.94. The fourth-order valence-electron chi connectivity index (χ4n) is 1.31. The van der Waals surface area contributed by atoms with E-state index in [1.165, 1.54) is 32.0 Å². The fourth-order valence-corrected chi connectivity index (χ4v) is 1.57. The molecular weight excluding hydrogens is 256 g/mol. The topological polar surface area (TPSA) is 90.2 Å². The van der Waals surface area contributed by atoms with E-state index in [0.29, 0.717) is 0 Å². The molecule has 6 heteroatoms. The van der Waals surface area contributed by atoms with Gasteiger partial charge in [-0.3, -0.25) is 4.79 Å². The van der Waals surface area contributed by atoms with Crippen molar-refractivity contribution < 1.29 is 14.7 Å². The van der Waals surface area contributed by atoms with E-state index in [9.17, 15) is 9.59 Å². The van der Waals surface area contributed by atoms with E-state index in [0.717, 1.165) is 0 Å². The second-order valence-corrected chi connectivity index (χ2v) is 4.57. The van der Waals surface area contributed by atoms with Crippen LogP contribution in [0.4, 0.5) is 0 Å². The maximum absolute atomic E-state index is 12.0. The lowest BCUT2D eigenvalue weighted by Gasteiger charge is -2.18. The molecule has 1 amide bonds. The second-order valence-electron chi connectivity index (χ2n) is 4.16. The number of rotatable bonds is 3. The lowest BCUT2D eigenvalue weighted by molar-refractivity contribution is 0.0690. The number of amides is 1. The highest BCUT2D eigenvalue weighted by Gasteiger charge is 2.25. The molecule has 0 heterocycles. The van der Waals surface area contributed by atoms with Gasteiger partial charge < -0.3 is 10.4 Å². The Labute approximate surface area is 109 Å². The number of aromatic carboxylic acids is 1. The van der Waals surface area contributed by atoms with Crippen molar-refractivity contribution in [2.45, 2.75) is 19.4 Å². The highest BCUT2D eigenvalue weighted by Crippen LogP contribution is 2.21. The maximum atomic E-state index is 12.0. The number of carboxylic acids is 1. The lowest BCUT2D eigenvalue weighted by atomic mass is 10.0. The third kappa shape index (κ3) is 2.99. The van der Waals surface area contributed by atoms with Gasteiger partial charge >= 0.3 is 5.97 Å². The molecule has 0 bridgehead atoms. The molecule has 94 valence electrons. The summed E-state index contributed by atoms with van der Waals surface area (Å²) in [6.45, 7) is 3.00. The van der Waals surface area contributed by atoms with E-state index in [1.54, 1.807) is 0 Å². The van der Waals surface area contributed by atoms with Crippen LogP contribution < -0.4 is 5.32 Å². The Bertz CT molecular complexity index is 547. The van der Waals surface area contributed by atoms with Crippen LogP contribution in [0, 0.1) is 11.3 Å². The summed E-state index contributed by atoms with van der Waals surface area (Å²) in [5, 5.41) is 20.3. The summed E-state index contributed by atoms with van der Waals surface area (Å²) in [5.74, 6) is -1.94. The van der Waals surface area contributed by atoms with Crippen LogP contribution in [0.1, 0.15) is 34.6 Å². The van der Waals surface area contributed by atoms with E-state index in [-0.39, 0.29) is 16.1 Å². The number of benzene rings is 1. The van der Waals surface area contributed by atoms with E-state index in [2.05, 4.69) is 5.32 Å². The SMILES string of the molecule is CC(C)(C#N)NC(=O)c1c(Cl)cccc1C(=O)O. The van der Waals surface area contributed by atoms with Crippen molar-refractivity contribution in [2.75, 3.05) is 0 Å². The molecule has 0 fully saturated rings. The highest BCUT2D eigenvalue weighted by atomic mass is 35.5. The first-order valence-electron chi connectivity index (χ1n) is 5.04. The summed E-state index contributed by atoms with van der Waals surface area (Å²) in [6, 6.07) is 6.03. The van der Waals surface area contributed by atoms with Crippen LogP contribution in [0.5, 0.6) is 0 Å². The molecule has 0 unspecified atom stereocenters. The number of nitrogens with one attached hydrogen (secondary N) is 1. The Morgan fingerprint density at radius 3 is 2.56 bits per heavy atom. The molecule has 0 saturated carbocycles. The molecule has 5 nitrogen and oxygen atoms in total. The number of halogens is 1. The average Bonchev–Trinajstić information content (AvgIpc) is 2.27. The summed E-state index contributed by atoms with van der Waals surface area (Å²) >= 11 is 5.83. The van der Waals surface area contributed by atoms with Gasteiger partial charge in [0.1, 0.15) is 5.54 Å². The molecule has 0 atom stereocenters. The van der Waals surface area contributed by atoms with E-state index in [1.807, 2.05) is 6.07 Å². The zero-order valence-electron chi connectivity index (χ0n) is 9.82. The molecule has 1 aromatic carbocycles. The Balaban J connectivity index is 3.22. The van der Waals surface area contributed by atoms with Crippen LogP contribution in [0.15, 0.2) is 18.2 Å². The predicted octanol–water partition coefficient (Wildman–Crippen LogP) is 2.07. The van der Waals surface area contributed by atoms with E-state index < -0.39 is 17.4 Å². The van der Waals surface area contributed by atoms with Crippen molar-refractivity contribution in [2.24, 2.45) is 0 Å². The van der Waals surface area contributed by atoms with Gasteiger partial charge in [0.15, 0.2) is 0 Å². The summed E-state index contributed by atoms with van der Waals surface area (Å²) < 4.78 is 0. The zero-order chi connectivity index (χ0) is 13.9. The van der Waals surface area contributed by atoms with Crippen LogP contribution in [0.2, 0.25) is 5.02 Å². The Hall–Kier alpha value is -2.06. The molecule has 0 spiro atoms. The Morgan fingerprint density at radius 2 is 2.06 bits per heavy atom. The Morgan fingerprint density at radius 1 is 1.44 bits per heavy atom. The predicted molar refractivity (Wildman–Crippen MR) is 65.6 cm³/mol. The summed E-state index contributed by atoms with van der Waals surface area (Å²) in [4.78, 5) is 23.0. The summed E-state index contributed by atoms with van der Waals surface area (Å²) in [7, 11) is 0. The van der Waals surface area contributed by atoms with Crippen molar-refractivity contribution in [1.82, 2.24) is 5.32 Å². The molecule has 2 N–H and O–H groups in total. The first-order chi connectivity index (χ1) is 8.28. The van der Waals surface area contributed by atoms with E-state index in [4.69, 9.17) is 22.0 Å². The molecule has 1 aromatic rings. The number of hydrogen-bond donors (Lipinski definition) is 2. The van der Waals surface area contributed by atoms with Gasteiger partial charge in [-0.1, -0.05) is 17.7 Å². The minimum atomic E-state index is -1.25. The largest absolute Gasteiger partial charge is 0.478 e. The molecular formula is C12H11ClN2O3. The fraction of sp³-hybridized carbons (Fsp3) is 0.250. The van der Waals surface area contributed by atoms with Gasteiger partial charge in [0.05, 0.1) is 22.2 Å². The smallest absolute Gasteiger partial charge is 0.336 e. The first kappa shape index (κ1) is 14.0. The monoisotopic (exact) mass is 266 g/mol. The van der Waals surface area contributed by atoms with Crippen LogP contribution >= 0.6 is 11.6 Å². The highest BCUT2D eigenvalue weighted by molar-refractivity contribution is 6.34. The van der Waals surface area contributed by atoms with Gasteiger partial charge in [-0.15, -0.1) is 0 Å². The van der Waals surface area contributed by atoms with Gasteiger partial charge in [0.25, 0.3) is 5.91 Å². The number of carbonyl (C=O) groups is 2. The van der Waals surface area contributed by atoms with Crippen molar-refractivity contribution >= 4 is 23.5 Å². The molecule has 0 aromatic heterocycles. The molecule has 18 heavy (non-hydrogen) atoms. The lowest BCUT2D eigenvalue weighted by Crippen LogP contribution is -2.42. The quantitative estimate of drug-likeness (QED) is 0.876. The minimum Gasteiger partial charge on any atom is -0.478 e. The molecule has 0 radical (unpaired) electrons. The first-order valence-corrected chi connectivity index (χ1v) is 5.42. The minimum absolute atomic E-state index is 0.0288.